The first-order valence-electron chi connectivity index (χ1n) is 7.23. The number of nitrogens with zero attached hydrogens (tertiary/aromatic N) is 1. The maximum absolute atomic E-state index is 11.4. The summed E-state index contributed by atoms with van der Waals surface area (Å²) < 4.78 is 28.4. The van der Waals surface area contributed by atoms with Gasteiger partial charge in [0.05, 0.1) is 18.1 Å². The predicted molar refractivity (Wildman–Crippen MR) is 80.8 cm³/mol. The summed E-state index contributed by atoms with van der Waals surface area (Å²) in [6.45, 7) is 4.99. The number of hydrogen-bond acceptors (Lipinski definition) is 4. The molecule has 1 aliphatic heterocycles. The molecule has 1 aromatic carbocycles. The number of benzene rings is 1. The van der Waals surface area contributed by atoms with Crippen molar-refractivity contribution in [2.75, 3.05) is 31.2 Å². The molecule has 0 radical (unpaired) electrons. The highest BCUT2D eigenvalue weighted by Crippen LogP contribution is 2.15. The molecule has 4 nitrogen and oxygen atoms in total. The van der Waals surface area contributed by atoms with Crippen LogP contribution in [0.5, 0.6) is 5.75 Å². The molecule has 1 aliphatic rings. The topological polar surface area (TPSA) is 46.6 Å². The van der Waals surface area contributed by atoms with Crippen LogP contribution in [0.15, 0.2) is 24.3 Å². The molecule has 1 fully saturated rings. The summed E-state index contributed by atoms with van der Waals surface area (Å²) >= 11 is 0. The van der Waals surface area contributed by atoms with Crippen LogP contribution in [-0.4, -0.2) is 44.5 Å². The Balaban J connectivity index is 1.82. The van der Waals surface area contributed by atoms with Gasteiger partial charge >= 0.3 is 0 Å². The van der Waals surface area contributed by atoms with E-state index in [2.05, 4.69) is 24.0 Å². The van der Waals surface area contributed by atoms with E-state index in [4.69, 9.17) is 4.74 Å². The lowest BCUT2D eigenvalue weighted by molar-refractivity contribution is 0.287. The van der Waals surface area contributed by atoms with Crippen LogP contribution in [0.1, 0.15) is 25.3 Å². The summed E-state index contributed by atoms with van der Waals surface area (Å²) in [5, 5.41) is 0. The van der Waals surface area contributed by atoms with E-state index in [1.54, 1.807) is 0 Å². The molecule has 0 amide bonds. The van der Waals surface area contributed by atoms with Crippen LogP contribution < -0.4 is 4.74 Å². The highest BCUT2D eigenvalue weighted by Gasteiger charge is 2.21. The zero-order valence-electron chi connectivity index (χ0n) is 12.0. The summed E-state index contributed by atoms with van der Waals surface area (Å²) in [7, 11) is -2.79. The normalized spacial score (nSPS) is 18.9. The quantitative estimate of drug-likeness (QED) is 0.754. The summed E-state index contributed by atoms with van der Waals surface area (Å²) in [6, 6.07) is 8.10. The van der Waals surface area contributed by atoms with Gasteiger partial charge in [-0.3, -0.25) is 4.90 Å². The van der Waals surface area contributed by atoms with Gasteiger partial charge in [0.2, 0.25) is 0 Å². The zero-order valence-corrected chi connectivity index (χ0v) is 12.9. The molecule has 2 rings (SSSR count). The first-order valence-corrected chi connectivity index (χ1v) is 9.06. The molecule has 1 heterocycles. The van der Waals surface area contributed by atoms with E-state index in [1.165, 1.54) is 5.56 Å². The highest BCUT2D eigenvalue weighted by molar-refractivity contribution is 7.91. The fourth-order valence-electron chi connectivity index (χ4n) is 2.19. The molecular weight excluding hydrogens is 274 g/mol. The molecule has 0 N–H and O–H groups in total. The lowest BCUT2D eigenvalue weighted by atomic mass is 10.2. The summed E-state index contributed by atoms with van der Waals surface area (Å²) in [6.07, 6.45) is 2.21. The molecule has 0 aromatic heterocycles. The van der Waals surface area contributed by atoms with Crippen LogP contribution in [0, 0.1) is 0 Å². The van der Waals surface area contributed by atoms with Gasteiger partial charge in [-0.2, -0.15) is 0 Å². The van der Waals surface area contributed by atoms with E-state index in [1.807, 2.05) is 12.1 Å². The third-order valence-electron chi connectivity index (χ3n) is 3.53. The van der Waals surface area contributed by atoms with Crippen molar-refractivity contribution >= 4 is 9.84 Å². The lowest BCUT2D eigenvalue weighted by Crippen LogP contribution is -2.39. The van der Waals surface area contributed by atoms with Crippen molar-refractivity contribution in [1.82, 2.24) is 4.90 Å². The Morgan fingerprint density at radius 3 is 2.40 bits per heavy atom. The van der Waals surface area contributed by atoms with Crippen LogP contribution >= 0.6 is 0 Å². The third kappa shape index (κ3) is 4.80. The Labute approximate surface area is 121 Å². The van der Waals surface area contributed by atoms with Gasteiger partial charge < -0.3 is 4.74 Å². The van der Waals surface area contributed by atoms with Gasteiger partial charge in [-0.25, -0.2) is 8.42 Å². The molecule has 0 aliphatic carbocycles. The molecule has 0 atom stereocenters. The molecule has 0 saturated carbocycles. The van der Waals surface area contributed by atoms with Gasteiger partial charge in [-0.05, 0) is 24.1 Å². The van der Waals surface area contributed by atoms with Crippen molar-refractivity contribution in [1.29, 1.82) is 0 Å². The van der Waals surface area contributed by atoms with E-state index in [9.17, 15) is 8.42 Å². The Bertz CT molecular complexity index is 496. The van der Waals surface area contributed by atoms with E-state index in [0.29, 0.717) is 13.1 Å². The van der Waals surface area contributed by atoms with Crippen molar-refractivity contribution in [2.45, 2.75) is 26.3 Å². The average Bonchev–Trinajstić information content (AvgIpc) is 2.43. The molecule has 5 heteroatoms. The molecule has 1 saturated heterocycles. The summed E-state index contributed by atoms with van der Waals surface area (Å²) in [4.78, 5) is 2.19. The number of rotatable bonds is 6. The van der Waals surface area contributed by atoms with Crippen molar-refractivity contribution in [3.63, 3.8) is 0 Å². The predicted octanol–water partition coefficient (Wildman–Crippen LogP) is 2.10. The monoisotopic (exact) mass is 297 g/mol. The van der Waals surface area contributed by atoms with E-state index >= 15 is 0 Å². The Morgan fingerprint density at radius 1 is 1.15 bits per heavy atom. The van der Waals surface area contributed by atoms with Gasteiger partial charge in [0, 0.05) is 19.6 Å². The maximum Gasteiger partial charge on any atom is 0.152 e. The molecule has 112 valence electrons. The fraction of sp³-hybridized carbons (Fsp3) is 0.600. The second-order valence-electron chi connectivity index (χ2n) is 5.27. The van der Waals surface area contributed by atoms with Gasteiger partial charge in [0.25, 0.3) is 0 Å². The third-order valence-corrected chi connectivity index (χ3v) is 5.14. The largest absolute Gasteiger partial charge is 0.494 e. The minimum atomic E-state index is -2.79. The molecular formula is C15H23NO3S. The molecule has 1 aromatic rings. The zero-order chi connectivity index (χ0) is 14.4. The van der Waals surface area contributed by atoms with Crippen LogP contribution in [0.25, 0.3) is 0 Å². The van der Waals surface area contributed by atoms with Crippen molar-refractivity contribution in [3.05, 3.63) is 29.8 Å². The van der Waals surface area contributed by atoms with Gasteiger partial charge in [0.15, 0.2) is 9.84 Å². The van der Waals surface area contributed by atoms with Crippen LogP contribution in [-0.2, 0) is 16.4 Å². The SMILES string of the molecule is CCCCOc1ccc(CN2CCS(=O)(=O)CC2)cc1. The van der Waals surface area contributed by atoms with E-state index in [-0.39, 0.29) is 11.5 Å². The van der Waals surface area contributed by atoms with E-state index in [0.717, 1.165) is 31.7 Å². The Hall–Kier alpha value is -1.07. The minimum absolute atomic E-state index is 0.283. The Morgan fingerprint density at radius 2 is 1.80 bits per heavy atom. The molecule has 20 heavy (non-hydrogen) atoms. The summed E-state index contributed by atoms with van der Waals surface area (Å²) in [5.41, 5.74) is 1.20. The average molecular weight is 297 g/mol. The van der Waals surface area contributed by atoms with Crippen molar-refractivity contribution in [2.24, 2.45) is 0 Å². The number of ether oxygens (including phenoxy) is 1. The van der Waals surface area contributed by atoms with Crippen LogP contribution in [0.2, 0.25) is 0 Å². The second kappa shape index (κ2) is 7.09. The standard InChI is InChI=1S/C15H23NO3S/c1-2-3-10-19-15-6-4-14(5-7-15)13-16-8-11-20(17,18)12-9-16/h4-7H,2-3,8-13H2,1H3. The minimum Gasteiger partial charge on any atom is -0.494 e. The second-order valence-corrected chi connectivity index (χ2v) is 7.58. The Kier molecular flexibility index (Phi) is 5.43. The molecule has 0 bridgehead atoms. The van der Waals surface area contributed by atoms with E-state index < -0.39 is 9.84 Å². The molecule has 0 spiro atoms. The van der Waals surface area contributed by atoms with Crippen LogP contribution in [0.4, 0.5) is 0 Å². The maximum atomic E-state index is 11.4. The number of unbranched alkanes of at least 4 members (excludes halogenated alkanes) is 1. The molecule has 0 unspecified atom stereocenters. The lowest BCUT2D eigenvalue weighted by Gasteiger charge is -2.26. The van der Waals surface area contributed by atoms with Gasteiger partial charge in [0.1, 0.15) is 5.75 Å². The van der Waals surface area contributed by atoms with Gasteiger partial charge in [-0.1, -0.05) is 25.5 Å². The van der Waals surface area contributed by atoms with Gasteiger partial charge in [-0.15, -0.1) is 0 Å². The fourth-order valence-corrected chi connectivity index (χ4v) is 3.47. The first-order chi connectivity index (χ1) is 9.59. The van der Waals surface area contributed by atoms with Crippen molar-refractivity contribution < 1.29 is 13.2 Å². The highest BCUT2D eigenvalue weighted by atomic mass is 32.2. The van der Waals surface area contributed by atoms with Crippen molar-refractivity contribution in [3.8, 4) is 5.75 Å². The van der Waals surface area contributed by atoms with Crippen LogP contribution in [0.3, 0.4) is 0 Å². The summed E-state index contributed by atoms with van der Waals surface area (Å²) in [5.74, 6) is 1.47. The number of hydrogen-bond donors (Lipinski definition) is 0. The number of sulfone groups is 1. The first kappa shape index (κ1) is 15.3. The smallest absolute Gasteiger partial charge is 0.152 e.